The van der Waals surface area contributed by atoms with Gasteiger partial charge in [0.1, 0.15) is 6.04 Å². The first-order valence-electron chi connectivity index (χ1n) is 16.8. The Labute approximate surface area is 266 Å². The quantitative estimate of drug-likeness (QED) is 0.214. The molecule has 4 fully saturated rings. The number of carbonyl (C=O) groups is 3. The van der Waals surface area contributed by atoms with E-state index in [1.54, 1.807) is 24.3 Å². The summed E-state index contributed by atoms with van der Waals surface area (Å²) >= 11 is 5.88. The van der Waals surface area contributed by atoms with Crippen LogP contribution in [0.3, 0.4) is 0 Å². The number of halogens is 1. The van der Waals surface area contributed by atoms with E-state index in [4.69, 9.17) is 11.6 Å². The molecule has 4 aliphatic rings. The molecule has 1 aromatic rings. The molecule has 0 saturated heterocycles. The van der Waals surface area contributed by atoms with Gasteiger partial charge in [0.05, 0.1) is 12.2 Å². The van der Waals surface area contributed by atoms with Gasteiger partial charge in [0, 0.05) is 23.6 Å². The van der Waals surface area contributed by atoms with Gasteiger partial charge < -0.3 is 26.0 Å². The summed E-state index contributed by atoms with van der Waals surface area (Å²) < 4.78 is 0. The molecule has 244 valence electrons. The van der Waals surface area contributed by atoms with Crippen LogP contribution in [0.1, 0.15) is 97.8 Å². The van der Waals surface area contributed by atoms with Crippen LogP contribution < -0.4 is 10.6 Å². The zero-order chi connectivity index (χ0) is 31.8. The van der Waals surface area contributed by atoms with E-state index in [0.717, 1.165) is 51.4 Å². The number of nitrogens with one attached hydrogen (secondary N) is 2. The van der Waals surface area contributed by atoms with E-state index in [2.05, 4.69) is 31.4 Å². The minimum atomic E-state index is -1.15. The maximum Gasteiger partial charge on any atom is 0.326 e. The topological polar surface area (TPSA) is 136 Å². The number of aliphatic carboxylic acids is 1. The second-order valence-corrected chi connectivity index (χ2v) is 15.5. The van der Waals surface area contributed by atoms with Gasteiger partial charge in [-0.05, 0) is 135 Å². The molecule has 0 bridgehead atoms. The van der Waals surface area contributed by atoms with Crippen LogP contribution >= 0.6 is 11.6 Å². The highest BCUT2D eigenvalue weighted by molar-refractivity contribution is 6.30. The Balaban J connectivity index is 1.13. The molecule has 44 heavy (non-hydrogen) atoms. The Morgan fingerprint density at radius 3 is 2.27 bits per heavy atom. The highest BCUT2D eigenvalue weighted by atomic mass is 35.5. The fourth-order valence-corrected chi connectivity index (χ4v) is 10.4. The zero-order valence-electron chi connectivity index (χ0n) is 26.4. The fourth-order valence-electron chi connectivity index (χ4n) is 10.3. The van der Waals surface area contributed by atoms with Crippen LogP contribution in [0.4, 0.5) is 5.69 Å². The van der Waals surface area contributed by atoms with Gasteiger partial charge in [-0.3, -0.25) is 9.59 Å². The standard InChI is InChI=1S/C35H51ClN2O6/c1-20(4-12-31(42)38-28(33(43)44)11-13-30(41)37-23-7-5-22(36)6-8-23)25-9-10-26-32-27(15-17-35(25,26)3)34(2)16-14-24(39)18-21(34)19-29(32)40/h5-8,20-21,24-29,32,39-40H,4,9-19H2,1-3H3,(H,37,41)(H,38,42)(H,43,44)/t20-,21-,24-,25-,26+,27+,28+,29-,32+,34+,35-/m1/s1. The van der Waals surface area contributed by atoms with Crippen molar-refractivity contribution in [1.29, 1.82) is 0 Å². The Kier molecular flexibility index (Phi) is 10.0. The van der Waals surface area contributed by atoms with Crippen molar-refractivity contribution in [2.45, 2.75) is 116 Å². The summed E-state index contributed by atoms with van der Waals surface area (Å²) in [7, 11) is 0. The largest absolute Gasteiger partial charge is 0.480 e. The first-order valence-corrected chi connectivity index (χ1v) is 17.1. The average molecular weight is 631 g/mol. The molecule has 0 heterocycles. The molecular weight excluding hydrogens is 580 g/mol. The van der Waals surface area contributed by atoms with Gasteiger partial charge in [-0.25, -0.2) is 4.79 Å². The molecule has 8 nitrogen and oxygen atoms in total. The first kappa shape index (κ1) is 33.2. The number of rotatable bonds is 10. The lowest BCUT2D eigenvalue weighted by Crippen LogP contribution is -2.58. The highest BCUT2D eigenvalue weighted by Gasteiger charge is 2.62. The monoisotopic (exact) mass is 630 g/mol. The van der Waals surface area contributed by atoms with Crippen LogP contribution in [0.5, 0.6) is 0 Å². The number of hydrogen-bond acceptors (Lipinski definition) is 5. The van der Waals surface area contributed by atoms with Gasteiger partial charge in [0.25, 0.3) is 0 Å². The number of fused-ring (bicyclic) bond motifs is 5. The normalized spacial score (nSPS) is 37.5. The number of carboxylic acids is 1. The van der Waals surface area contributed by atoms with Crippen molar-refractivity contribution in [2.24, 2.45) is 46.3 Å². The molecule has 11 atom stereocenters. The lowest BCUT2D eigenvalue weighted by atomic mass is 9.43. The number of hydrogen-bond donors (Lipinski definition) is 5. The van der Waals surface area contributed by atoms with Gasteiger partial charge in [-0.2, -0.15) is 0 Å². The van der Waals surface area contributed by atoms with Gasteiger partial charge in [-0.1, -0.05) is 32.4 Å². The Morgan fingerprint density at radius 2 is 1.57 bits per heavy atom. The Morgan fingerprint density at radius 1 is 0.909 bits per heavy atom. The molecule has 0 radical (unpaired) electrons. The van der Waals surface area contributed by atoms with E-state index >= 15 is 0 Å². The third-order valence-electron chi connectivity index (χ3n) is 12.7. The summed E-state index contributed by atoms with van der Waals surface area (Å²) in [6, 6.07) is 5.54. The van der Waals surface area contributed by atoms with Gasteiger partial charge in [-0.15, -0.1) is 0 Å². The van der Waals surface area contributed by atoms with Crippen molar-refractivity contribution in [3.63, 3.8) is 0 Å². The number of amides is 2. The molecule has 4 saturated carbocycles. The first-order chi connectivity index (χ1) is 20.8. The van der Waals surface area contributed by atoms with E-state index in [1.807, 2.05) is 0 Å². The molecule has 0 spiro atoms. The van der Waals surface area contributed by atoms with Crippen molar-refractivity contribution < 1.29 is 29.7 Å². The van der Waals surface area contributed by atoms with Crippen LogP contribution in [0.25, 0.3) is 0 Å². The van der Waals surface area contributed by atoms with Gasteiger partial charge >= 0.3 is 5.97 Å². The average Bonchev–Trinajstić information content (AvgIpc) is 3.33. The molecule has 4 aliphatic carbocycles. The smallest absolute Gasteiger partial charge is 0.326 e. The third kappa shape index (κ3) is 6.68. The molecule has 5 rings (SSSR count). The van der Waals surface area contributed by atoms with Crippen molar-refractivity contribution in [3.05, 3.63) is 29.3 Å². The maximum absolute atomic E-state index is 12.9. The van der Waals surface area contributed by atoms with Crippen molar-refractivity contribution >= 4 is 35.1 Å². The van der Waals surface area contributed by atoms with Crippen molar-refractivity contribution in [3.8, 4) is 0 Å². The molecule has 9 heteroatoms. The van der Waals surface area contributed by atoms with Crippen molar-refractivity contribution in [2.75, 3.05) is 5.32 Å². The van der Waals surface area contributed by atoms with Gasteiger partial charge in [0.2, 0.25) is 11.8 Å². The predicted molar refractivity (Wildman–Crippen MR) is 170 cm³/mol. The second-order valence-electron chi connectivity index (χ2n) is 15.0. The molecule has 1 aromatic carbocycles. The van der Waals surface area contributed by atoms with E-state index in [1.165, 1.54) is 0 Å². The van der Waals surface area contributed by atoms with Crippen LogP contribution in [-0.4, -0.2) is 51.4 Å². The highest BCUT2D eigenvalue weighted by Crippen LogP contribution is 2.68. The van der Waals surface area contributed by atoms with Crippen LogP contribution in [0.15, 0.2) is 24.3 Å². The van der Waals surface area contributed by atoms with Crippen molar-refractivity contribution in [1.82, 2.24) is 5.32 Å². The summed E-state index contributed by atoms with van der Waals surface area (Å²) in [6.45, 7) is 7.08. The number of benzene rings is 1. The summed E-state index contributed by atoms with van der Waals surface area (Å²) in [5.74, 6) is 0.658. The van der Waals surface area contributed by atoms with Crippen LogP contribution in [0, 0.1) is 46.3 Å². The van der Waals surface area contributed by atoms with Gasteiger partial charge in [0.15, 0.2) is 0 Å². The Hall–Kier alpha value is -2.16. The lowest BCUT2D eigenvalue weighted by molar-refractivity contribution is -0.174. The number of aliphatic hydroxyl groups excluding tert-OH is 2. The minimum Gasteiger partial charge on any atom is -0.480 e. The van der Waals surface area contributed by atoms with E-state index in [9.17, 15) is 29.7 Å². The van der Waals surface area contributed by atoms with Crippen LogP contribution in [0.2, 0.25) is 5.02 Å². The number of carboxylic acid groups (broad SMARTS) is 1. The second kappa shape index (κ2) is 13.3. The molecule has 0 aromatic heterocycles. The van der Waals surface area contributed by atoms with E-state index < -0.39 is 12.0 Å². The number of anilines is 1. The summed E-state index contributed by atoms with van der Waals surface area (Å²) in [6.07, 6.45) is 8.35. The zero-order valence-corrected chi connectivity index (χ0v) is 27.2. The minimum absolute atomic E-state index is 0.00203. The summed E-state index contributed by atoms with van der Waals surface area (Å²) in [4.78, 5) is 37.1. The molecule has 0 aliphatic heterocycles. The maximum atomic E-state index is 12.9. The SMILES string of the molecule is C[C@H](CCC(=O)N[C@@H](CCC(=O)Nc1ccc(Cl)cc1)C(=O)O)[C@H]1CC[C@H]2[C@@H]3[C@H](O)C[C@H]4C[C@H](O)CC[C@]4(C)[C@H]3CC[C@]12C. The third-order valence-corrected chi connectivity index (χ3v) is 12.9. The van der Waals surface area contributed by atoms with Crippen LogP contribution in [-0.2, 0) is 14.4 Å². The fraction of sp³-hybridized carbons (Fsp3) is 0.743. The van der Waals surface area contributed by atoms with E-state index in [-0.39, 0.29) is 54.1 Å². The Bertz CT molecular complexity index is 1210. The molecular formula is C35H51ClN2O6. The van der Waals surface area contributed by atoms with E-state index in [0.29, 0.717) is 52.6 Å². The predicted octanol–water partition coefficient (Wildman–Crippen LogP) is 6.04. The summed E-state index contributed by atoms with van der Waals surface area (Å²) in [5, 5.41) is 37.4. The number of aliphatic hydroxyl groups is 2. The molecule has 2 amide bonds. The molecule has 5 N–H and O–H groups in total. The number of carbonyl (C=O) groups excluding carboxylic acids is 2. The molecule has 0 unspecified atom stereocenters. The summed E-state index contributed by atoms with van der Waals surface area (Å²) in [5.41, 5.74) is 0.894. The lowest BCUT2D eigenvalue weighted by Gasteiger charge is -2.62.